The van der Waals surface area contributed by atoms with Crippen LogP contribution in [0.15, 0.2) is 18.3 Å². The van der Waals surface area contributed by atoms with Crippen LogP contribution in [-0.2, 0) is 11.3 Å². The van der Waals surface area contributed by atoms with E-state index in [9.17, 15) is 4.79 Å². The molecule has 0 saturated heterocycles. The molecule has 0 spiro atoms. The molecule has 106 valence electrons. The van der Waals surface area contributed by atoms with E-state index in [1.165, 1.54) is 0 Å². The summed E-state index contributed by atoms with van der Waals surface area (Å²) in [4.78, 5) is 16.0. The average molecular weight is 265 g/mol. The molecule has 1 amide bonds. The van der Waals surface area contributed by atoms with E-state index in [1.54, 1.807) is 6.20 Å². The first-order valence-corrected chi connectivity index (χ1v) is 6.55. The van der Waals surface area contributed by atoms with E-state index < -0.39 is 0 Å². The Morgan fingerprint density at radius 1 is 1.42 bits per heavy atom. The van der Waals surface area contributed by atoms with Gasteiger partial charge in [-0.3, -0.25) is 4.79 Å². The minimum Gasteiger partial charge on any atom is -0.475 e. The Morgan fingerprint density at radius 2 is 2.11 bits per heavy atom. The number of nitrogens with zero attached hydrogens (tertiary/aromatic N) is 1. The molecular weight excluding hydrogens is 242 g/mol. The molecule has 2 atom stereocenters. The van der Waals surface area contributed by atoms with Crippen LogP contribution < -0.4 is 15.8 Å². The zero-order valence-corrected chi connectivity index (χ0v) is 12.0. The van der Waals surface area contributed by atoms with Crippen molar-refractivity contribution in [3.8, 4) is 5.88 Å². The van der Waals surface area contributed by atoms with Gasteiger partial charge in [0, 0.05) is 30.3 Å². The molecule has 3 N–H and O–H groups in total. The van der Waals surface area contributed by atoms with Gasteiger partial charge in [-0.15, -0.1) is 0 Å². The van der Waals surface area contributed by atoms with Gasteiger partial charge < -0.3 is 15.8 Å². The fourth-order valence-electron chi connectivity index (χ4n) is 1.47. The van der Waals surface area contributed by atoms with Gasteiger partial charge in [0.15, 0.2) is 0 Å². The average Bonchev–Trinajstić information content (AvgIpc) is 2.35. The molecule has 0 saturated carbocycles. The zero-order chi connectivity index (χ0) is 14.4. The molecule has 19 heavy (non-hydrogen) atoms. The van der Waals surface area contributed by atoms with Gasteiger partial charge in [-0.2, -0.15) is 0 Å². The van der Waals surface area contributed by atoms with Crippen molar-refractivity contribution in [1.29, 1.82) is 0 Å². The standard InChI is InChI=1S/C14H23N3O2/c1-9(2)19-14-12(6-5-7-16-14)8-17-13(18)10(3)11(4)15/h5-7,9-11H,8,15H2,1-4H3,(H,17,18). The van der Waals surface area contributed by atoms with Crippen molar-refractivity contribution in [2.45, 2.75) is 46.4 Å². The van der Waals surface area contributed by atoms with Crippen LogP contribution in [0.4, 0.5) is 0 Å². The third-order valence-corrected chi connectivity index (χ3v) is 2.85. The molecule has 0 radical (unpaired) electrons. The molecule has 5 nitrogen and oxygen atoms in total. The summed E-state index contributed by atoms with van der Waals surface area (Å²) < 4.78 is 5.60. The highest BCUT2D eigenvalue weighted by Crippen LogP contribution is 2.15. The summed E-state index contributed by atoms with van der Waals surface area (Å²) in [5.41, 5.74) is 6.57. The van der Waals surface area contributed by atoms with E-state index in [0.29, 0.717) is 12.4 Å². The summed E-state index contributed by atoms with van der Waals surface area (Å²) in [5.74, 6) is 0.284. The van der Waals surface area contributed by atoms with Gasteiger partial charge in [-0.25, -0.2) is 4.98 Å². The van der Waals surface area contributed by atoms with Gasteiger partial charge in [0.1, 0.15) is 0 Å². The third-order valence-electron chi connectivity index (χ3n) is 2.85. The first-order chi connectivity index (χ1) is 8.91. The third kappa shape index (κ3) is 4.87. The van der Waals surface area contributed by atoms with E-state index in [-0.39, 0.29) is 24.0 Å². The van der Waals surface area contributed by atoms with Crippen molar-refractivity contribution in [3.63, 3.8) is 0 Å². The Labute approximate surface area is 114 Å². The highest BCUT2D eigenvalue weighted by Gasteiger charge is 2.17. The number of aromatic nitrogens is 1. The topological polar surface area (TPSA) is 77.2 Å². The van der Waals surface area contributed by atoms with Gasteiger partial charge in [0.25, 0.3) is 0 Å². The van der Waals surface area contributed by atoms with E-state index in [4.69, 9.17) is 10.5 Å². The lowest BCUT2D eigenvalue weighted by atomic mass is 10.0. The van der Waals surface area contributed by atoms with Crippen LogP contribution in [0.2, 0.25) is 0 Å². The number of nitrogens with one attached hydrogen (secondary N) is 1. The van der Waals surface area contributed by atoms with E-state index >= 15 is 0 Å². The van der Waals surface area contributed by atoms with Gasteiger partial charge in [-0.1, -0.05) is 13.0 Å². The normalized spacial score (nSPS) is 14.0. The second kappa shape index (κ2) is 7.09. The van der Waals surface area contributed by atoms with Crippen LogP contribution in [-0.4, -0.2) is 23.0 Å². The highest BCUT2D eigenvalue weighted by molar-refractivity contribution is 5.78. The minimum atomic E-state index is -0.217. The van der Waals surface area contributed by atoms with Crippen LogP contribution in [0.1, 0.15) is 33.3 Å². The summed E-state index contributed by atoms with van der Waals surface area (Å²) >= 11 is 0. The maximum Gasteiger partial charge on any atom is 0.224 e. The number of carbonyl (C=O) groups is 1. The molecule has 0 aliphatic rings. The largest absolute Gasteiger partial charge is 0.475 e. The predicted octanol–water partition coefficient (Wildman–Crippen LogP) is 1.47. The van der Waals surface area contributed by atoms with Crippen molar-refractivity contribution in [2.24, 2.45) is 11.7 Å². The minimum absolute atomic E-state index is 0.0485. The number of pyridine rings is 1. The van der Waals surface area contributed by atoms with E-state index in [1.807, 2.05) is 39.8 Å². The smallest absolute Gasteiger partial charge is 0.224 e. The molecule has 1 heterocycles. The number of nitrogens with two attached hydrogens (primary N) is 1. The maximum absolute atomic E-state index is 11.8. The number of hydrogen-bond acceptors (Lipinski definition) is 4. The molecule has 0 aromatic carbocycles. The summed E-state index contributed by atoms with van der Waals surface area (Å²) in [5, 5.41) is 2.85. The summed E-state index contributed by atoms with van der Waals surface area (Å²) in [7, 11) is 0. The number of amides is 1. The molecule has 1 rings (SSSR count). The number of ether oxygens (including phenoxy) is 1. The summed E-state index contributed by atoms with van der Waals surface area (Å²) in [6.45, 7) is 7.91. The van der Waals surface area contributed by atoms with Crippen LogP contribution in [0, 0.1) is 5.92 Å². The van der Waals surface area contributed by atoms with Crippen molar-refractivity contribution in [2.75, 3.05) is 0 Å². The van der Waals surface area contributed by atoms with Crippen LogP contribution >= 0.6 is 0 Å². The Kier molecular flexibility index (Phi) is 5.76. The fourth-order valence-corrected chi connectivity index (χ4v) is 1.47. The Morgan fingerprint density at radius 3 is 2.68 bits per heavy atom. The maximum atomic E-state index is 11.8. The van der Waals surface area contributed by atoms with Gasteiger partial charge in [0.05, 0.1) is 6.10 Å². The number of carbonyl (C=O) groups excluding carboxylic acids is 1. The molecule has 1 aromatic heterocycles. The molecule has 1 aromatic rings. The van der Waals surface area contributed by atoms with E-state index in [2.05, 4.69) is 10.3 Å². The monoisotopic (exact) mass is 265 g/mol. The molecule has 0 fully saturated rings. The molecule has 0 bridgehead atoms. The molecular formula is C14H23N3O2. The molecule has 0 aliphatic heterocycles. The van der Waals surface area contributed by atoms with Gasteiger partial charge in [0.2, 0.25) is 11.8 Å². The Hall–Kier alpha value is -1.62. The lowest BCUT2D eigenvalue weighted by Crippen LogP contribution is -2.38. The first-order valence-electron chi connectivity index (χ1n) is 6.55. The van der Waals surface area contributed by atoms with Crippen LogP contribution in [0.3, 0.4) is 0 Å². The van der Waals surface area contributed by atoms with Crippen molar-refractivity contribution < 1.29 is 9.53 Å². The predicted molar refractivity (Wildman–Crippen MR) is 74.7 cm³/mol. The molecule has 2 unspecified atom stereocenters. The summed E-state index contributed by atoms with van der Waals surface area (Å²) in [6.07, 6.45) is 1.72. The first kappa shape index (κ1) is 15.4. The SMILES string of the molecule is CC(C)Oc1ncccc1CNC(=O)C(C)C(C)N. The number of hydrogen-bond donors (Lipinski definition) is 2. The van der Waals surface area contributed by atoms with Crippen LogP contribution in [0.25, 0.3) is 0 Å². The van der Waals surface area contributed by atoms with Crippen LogP contribution in [0.5, 0.6) is 5.88 Å². The lowest BCUT2D eigenvalue weighted by molar-refractivity contribution is -0.125. The Bertz CT molecular complexity index is 419. The summed E-state index contributed by atoms with van der Waals surface area (Å²) in [6, 6.07) is 3.55. The zero-order valence-electron chi connectivity index (χ0n) is 12.0. The number of rotatable bonds is 6. The van der Waals surface area contributed by atoms with Crippen molar-refractivity contribution in [1.82, 2.24) is 10.3 Å². The quantitative estimate of drug-likeness (QED) is 0.816. The van der Waals surface area contributed by atoms with Crippen molar-refractivity contribution >= 4 is 5.91 Å². The fraction of sp³-hybridized carbons (Fsp3) is 0.571. The molecule has 0 aliphatic carbocycles. The second-order valence-electron chi connectivity index (χ2n) is 5.00. The lowest BCUT2D eigenvalue weighted by Gasteiger charge is -2.17. The van der Waals surface area contributed by atoms with Gasteiger partial charge in [-0.05, 0) is 26.8 Å². The van der Waals surface area contributed by atoms with Gasteiger partial charge >= 0.3 is 0 Å². The second-order valence-corrected chi connectivity index (χ2v) is 5.00. The van der Waals surface area contributed by atoms with Crippen molar-refractivity contribution in [3.05, 3.63) is 23.9 Å². The Balaban J connectivity index is 2.65. The van der Waals surface area contributed by atoms with E-state index in [0.717, 1.165) is 5.56 Å². The highest BCUT2D eigenvalue weighted by atomic mass is 16.5. The molecule has 5 heteroatoms.